The smallest absolute Gasteiger partial charge is 0.328 e. The van der Waals surface area contributed by atoms with Gasteiger partial charge in [0, 0.05) is 12.7 Å². The second kappa shape index (κ2) is 6.36. The highest BCUT2D eigenvalue weighted by atomic mass is 16.5. The van der Waals surface area contributed by atoms with Crippen LogP contribution in [-0.4, -0.2) is 48.1 Å². The number of esters is 1. The van der Waals surface area contributed by atoms with Gasteiger partial charge in [0.15, 0.2) is 0 Å². The molecular weight excluding hydrogens is 260 g/mol. The highest BCUT2D eigenvalue weighted by Crippen LogP contribution is 2.24. The molecule has 1 aromatic rings. The summed E-state index contributed by atoms with van der Waals surface area (Å²) < 4.78 is 10.1. The van der Waals surface area contributed by atoms with Gasteiger partial charge >= 0.3 is 5.97 Å². The fraction of sp³-hybridized carbons (Fsp3) is 0.500. The number of hydrogen-bond donors (Lipinski definition) is 0. The van der Waals surface area contributed by atoms with E-state index in [2.05, 4.69) is 4.98 Å². The lowest BCUT2D eigenvalue weighted by molar-refractivity contribution is -0.145. The summed E-state index contributed by atoms with van der Waals surface area (Å²) in [5.74, 6) is -0.317. The van der Waals surface area contributed by atoms with Crippen molar-refractivity contribution in [3.63, 3.8) is 0 Å². The molecule has 0 N–H and O–H groups in total. The van der Waals surface area contributed by atoms with E-state index in [0.29, 0.717) is 31.0 Å². The van der Waals surface area contributed by atoms with Crippen molar-refractivity contribution in [3.8, 4) is 5.88 Å². The van der Waals surface area contributed by atoms with E-state index in [0.717, 1.165) is 6.42 Å². The second-order valence-corrected chi connectivity index (χ2v) is 4.47. The van der Waals surface area contributed by atoms with Crippen LogP contribution in [-0.2, 0) is 9.53 Å². The van der Waals surface area contributed by atoms with Gasteiger partial charge in [0.1, 0.15) is 11.6 Å². The van der Waals surface area contributed by atoms with Gasteiger partial charge in [-0.05, 0) is 31.9 Å². The molecule has 0 aromatic carbocycles. The van der Waals surface area contributed by atoms with Crippen LogP contribution in [0.1, 0.15) is 30.1 Å². The summed E-state index contributed by atoms with van der Waals surface area (Å²) in [4.78, 5) is 29.9. The zero-order chi connectivity index (χ0) is 14.5. The van der Waals surface area contributed by atoms with Gasteiger partial charge in [-0.25, -0.2) is 9.78 Å². The number of hydrogen-bond acceptors (Lipinski definition) is 5. The van der Waals surface area contributed by atoms with E-state index in [1.54, 1.807) is 18.3 Å². The molecule has 1 amide bonds. The molecule has 2 heterocycles. The lowest BCUT2D eigenvalue weighted by atomic mass is 10.2. The first-order valence-corrected chi connectivity index (χ1v) is 6.65. The molecule has 108 valence electrons. The van der Waals surface area contributed by atoms with Crippen molar-refractivity contribution < 1.29 is 19.1 Å². The average molecular weight is 278 g/mol. The minimum Gasteiger partial charge on any atom is -0.477 e. The van der Waals surface area contributed by atoms with Crippen LogP contribution < -0.4 is 4.74 Å². The first-order valence-electron chi connectivity index (χ1n) is 6.65. The Hall–Kier alpha value is -2.11. The third-order valence-electron chi connectivity index (χ3n) is 3.27. The molecule has 0 spiro atoms. The first kappa shape index (κ1) is 14.3. The predicted octanol–water partition coefficient (Wildman–Crippen LogP) is 1.26. The summed E-state index contributed by atoms with van der Waals surface area (Å²) >= 11 is 0. The molecule has 0 radical (unpaired) electrons. The molecule has 0 unspecified atom stereocenters. The number of amides is 1. The van der Waals surface area contributed by atoms with E-state index in [-0.39, 0.29) is 11.9 Å². The van der Waals surface area contributed by atoms with Crippen molar-refractivity contribution in [2.45, 2.75) is 25.8 Å². The van der Waals surface area contributed by atoms with Gasteiger partial charge < -0.3 is 14.4 Å². The summed E-state index contributed by atoms with van der Waals surface area (Å²) in [7, 11) is 1.33. The Morgan fingerprint density at radius 2 is 2.30 bits per heavy atom. The van der Waals surface area contributed by atoms with E-state index in [1.807, 2.05) is 6.92 Å². The van der Waals surface area contributed by atoms with Gasteiger partial charge in [-0.3, -0.25) is 4.79 Å². The van der Waals surface area contributed by atoms with Crippen LogP contribution in [0.25, 0.3) is 0 Å². The van der Waals surface area contributed by atoms with Crippen LogP contribution in [0.15, 0.2) is 18.3 Å². The molecule has 1 atom stereocenters. The Morgan fingerprint density at radius 1 is 1.50 bits per heavy atom. The molecule has 6 nitrogen and oxygen atoms in total. The molecule has 1 saturated heterocycles. The zero-order valence-corrected chi connectivity index (χ0v) is 11.7. The summed E-state index contributed by atoms with van der Waals surface area (Å²) in [5, 5.41) is 0. The van der Waals surface area contributed by atoms with E-state index >= 15 is 0 Å². The van der Waals surface area contributed by atoms with Gasteiger partial charge in [-0.15, -0.1) is 0 Å². The summed E-state index contributed by atoms with van der Waals surface area (Å²) in [6.07, 6.45) is 2.99. The number of carbonyl (C=O) groups excluding carboxylic acids is 2. The number of nitrogens with zero attached hydrogens (tertiary/aromatic N) is 2. The lowest BCUT2D eigenvalue weighted by Crippen LogP contribution is -2.41. The van der Waals surface area contributed by atoms with Crippen molar-refractivity contribution >= 4 is 11.9 Å². The highest BCUT2D eigenvalue weighted by Gasteiger charge is 2.36. The fourth-order valence-electron chi connectivity index (χ4n) is 2.35. The van der Waals surface area contributed by atoms with Crippen LogP contribution in [0.3, 0.4) is 0 Å². The first-order chi connectivity index (χ1) is 9.69. The maximum atomic E-state index is 12.6. The number of ether oxygens (including phenoxy) is 2. The maximum absolute atomic E-state index is 12.6. The molecule has 2 rings (SSSR count). The van der Waals surface area contributed by atoms with Gasteiger partial charge in [0.05, 0.1) is 13.7 Å². The van der Waals surface area contributed by atoms with E-state index in [9.17, 15) is 9.59 Å². The molecule has 6 heteroatoms. The second-order valence-electron chi connectivity index (χ2n) is 4.47. The number of methoxy groups -OCH3 is 1. The predicted molar refractivity (Wildman–Crippen MR) is 71.5 cm³/mol. The maximum Gasteiger partial charge on any atom is 0.328 e. The van der Waals surface area contributed by atoms with Crippen molar-refractivity contribution in [1.29, 1.82) is 0 Å². The molecule has 0 aliphatic carbocycles. The number of pyridine rings is 1. The van der Waals surface area contributed by atoms with Gasteiger partial charge in [0.2, 0.25) is 5.88 Å². The molecule has 1 fully saturated rings. The Morgan fingerprint density at radius 3 is 3.00 bits per heavy atom. The van der Waals surface area contributed by atoms with E-state index < -0.39 is 6.04 Å². The van der Waals surface area contributed by atoms with E-state index in [4.69, 9.17) is 9.47 Å². The van der Waals surface area contributed by atoms with Gasteiger partial charge in [-0.2, -0.15) is 0 Å². The molecular formula is C14H18N2O4. The SMILES string of the molecule is CCOc1ncccc1C(=O)N1CCC[C@H]1C(=O)OC. The topological polar surface area (TPSA) is 68.7 Å². The van der Waals surface area contributed by atoms with Gasteiger partial charge in [0.25, 0.3) is 5.91 Å². The van der Waals surface area contributed by atoms with Crippen LogP contribution in [0.4, 0.5) is 0 Å². The third kappa shape index (κ3) is 2.74. The number of likely N-dealkylation sites (tertiary alicyclic amines) is 1. The molecule has 1 aliphatic rings. The summed E-state index contributed by atoms with van der Waals surface area (Å²) in [6.45, 7) is 2.80. The number of rotatable bonds is 4. The number of carbonyl (C=O) groups is 2. The largest absolute Gasteiger partial charge is 0.477 e. The zero-order valence-electron chi connectivity index (χ0n) is 11.7. The quantitative estimate of drug-likeness (QED) is 0.775. The highest BCUT2D eigenvalue weighted by molar-refractivity contribution is 5.98. The Labute approximate surface area is 117 Å². The minimum absolute atomic E-state index is 0.241. The third-order valence-corrected chi connectivity index (χ3v) is 3.27. The van der Waals surface area contributed by atoms with Crippen LogP contribution in [0, 0.1) is 0 Å². The monoisotopic (exact) mass is 278 g/mol. The number of aromatic nitrogens is 1. The molecule has 20 heavy (non-hydrogen) atoms. The fourth-order valence-corrected chi connectivity index (χ4v) is 2.35. The molecule has 0 saturated carbocycles. The normalized spacial score (nSPS) is 17.9. The Balaban J connectivity index is 2.24. The van der Waals surface area contributed by atoms with Crippen molar-refractivity contribution in [3.05, 3.63) is 23.9 Å². The lowest BCUT2D eigenvalue weighted by Gasteiger charge is -2.23. The minimum atomic E-state index is -0.512. The average Bonchev–Trinajstić information content (AvgIpc) is 2.96. The van der Waals surface area contributed by atoms with Crippen LogP contribution in [0.2, 0.25) is 0 Å². The van der Waals surface area contributed by atoms with Crippen molar-refractivity contribution in [2.75, 3.05) is 20.3 Å². The summed E-state index contributed by atoms with van der Waals surface area (Å²) in [5.41, 5.74) is 0.380. The standard InChI is InChI=1S/C14H18N2O4/c1-3-20-12-10(6-4-8-15-12)13(17)16-9-5-7-11(16)14(18)19-2/h4,6,8,11H,3,5,7,9H2,1-2H3/t11-/m0/s1. The molecule has 0 bridgehead atoms. The van der Waals surface area contributed by atoms with Crippen molar-refractivity contribution in [1.82, 2.24) is 9.88 Å². The van der Waals surface area contributed by atoms with E-state index in [1.165, 1.54) is 12.0 Å². The Kier molecular flexibility index (Phi) is 4.55. The van der Waals surface area contributed by atoms with Crippen LogP contribution >= 0.6 is 0 Å². The van der Waals surface area contributed by atoms with Crippen LogP contribution in [0.5, 0.6) is 5.88 Å². The molecule has 1 aliphatic heterocycles. The molecule has 1 aromatic heterocycles. The van der Waals surface area contributed by atoms with Crippen molar-refractivity contribution in [2.24, 2.45) is 0 Å². The van der Waals surface area contributed by atoms with Gasteiger partial charge in [-0.1, -0.05) is 0 Å². The Bertz CT molecular complexity index is 504. The summed E-state index contributed by atoms with van der Waals surface area (Å²) in [6, 6.07) is 2.83.